The minimum atomic E-state index is -0.381. The van der Waals surface area contributed by atoms with E-state index in [4.69, 9.17) is 0 Å². The molecule has 1 unspecified atom stereocenters. The molecule has 4 nitrogen and oxygen atoms in total. The zero-order chi connectivity index (χ0) is 14.8. The van der Waals surface area contributed by atoms with Crippen molar-refractivity contribution in [2.45, 2.75) is 18.9 Å². The zero-order valence-electron chi connectivity index (χ0n) is 12.2. The predicted octanol–water partition coefficient (Wildman–Crippen LogP) is 2.17. The van der Waals surface area contributed by atoms with Crippen molar-refractivity contribution < 1.29 is 9.90 Å². The molecule has 3 rings (SSSR count). The maximum Gasteiger partial charge on any atom is 0.246 e. The van der Waals surface area contributed by atoms with Crippen LogP contribution in [0.1, 0.15) is 18.4 Å². The van der Waals surface area contributed by atoms with E-state index in [2.05, 4.69) is 16.7 Å². The number of aryl methyl sites for hydroxylation is 1. The maximum absolute atomic E-state index is 12.2. The fraction of sp³-hybridized carbons (Fsp3) is 0.353. The molecule has 1 aromatic carbocycles. The van der Waals surface area contributed by atoms with Crippen molar-refractivity contribution in [3.05, 3.63) is 42.1 Å². The fourth-order valence-electron chi connectivity index (χ4n) is 2.93. The molecule has 1 atom stereocenters. The Bertz CT molecular complexity index is 687. The van der Waals surface area contributed by atoms with E-state index in [0.717, 1.165) is 35.9 Å². The minimum absolute atomic E-state index is 0.0262. The van der Waals surface area contributed by atoms with E-state index >= 15 is 0 Å². The molecule has 2 aromatic rings. The quantitative estimate of drug-likeness (QED) is 0.859. The normalized spacial score (nSPS) is 19.5. The number of nitrogens with zero attached hydrogens (tertiary/aromatic N) is 2. The number of likely N-dealkylation sites (tertiary alicyclic amines) is 1. The number of hydrogen-bond acceptors (Lipinski definition) is 2. The van der Waals surface area contributed by atoms with E-state index in [1.54, 1.807) is 11.0 Å². The number of piperidine rings is 1. The molecule has 2 heterocycles. The topological polar surface area (TPSA) is 45.5 Å². The molecule has 0 aliphatic carbocycles. The Hall–Kier alpha value is -2.07. The highest BCUT2D eigenvalue weighted by molar-refractivity contribution is 5.96. The smallest absolute Gasteiger partial charge is 0.246 e. The Labute approximate surface area is 124 Å². The number of β-amino-alcohol motifs (C(OH)–C–C–N with tert-alkyl or cyclic N) is 1. The standard InChI is InChI=1S/C17H20N2O2/c1-18-11-13(15-6-2-3-7-16(15)18)8-9-17(21)19-10-4-5-14(20)12-19/h2-3,6-9,11,14,20H,4-5,10,12H2,1H3. The Balaban J connectivity index is 1.80. The van der Waals surface area contributed by atoms with Crippen LogP contribution in [0.25, 0.3) is 17.0 Å². The molecule has 1 aliphatic heterocycles. The van der Waals surface area contributed by atoms with Gasteiger partial charge in [0.1, 0.15) is 0 Å². The second kappa shape index (κ2) is 5.74. The number of aliphatic hydroxyl groups excluding tert-OH is 1. The van der Waals surface area contributed by atoms with Gasteiger partial charge in [0.15, 0.2) is 0 Å². The number of carbonyl (C=O) groups excluding carboxylic acids is 1. The predicted molar refractivity (Wildman–Crippen MR) is 83.8 cm³/mol. The molecule has 1 fully saturated rings. The molecule has 21 heavy (non-hydrogen) atoms. The molecular formula is C17H20N2O2. The van der Waals surface area contributed by atoms with Gasteiger partial charge in [0.2, 0.25) is 5.91 Å². The van der Waals surface area contributed by atoms with Crippen LogP contribution in [0.15, 0.2) is 36.5 Å². The lowest BCUT2D eigenvalue weighted by Gasteiger charge is -2.29. The number of rotatable bonds is 2. The average Bonchev–Trinajstić information content (AvgIpc) is 2.82. The largest absolute Gasteiger partial charge is 0.391 e. The van der Waals surface area contributed by atoms with Crippen LogP contribution in [-0.2, 0) is 11.8 Å². The van der Waals surface area contributed by atoms with Crippen molar-refractivity contribution in [1.82, 2.24) is 9.47 Å². The van der Waals surface area contributed by atoms with Crippen molar-refractivity contribution in [2.24, 2.45) is 7.05 Å². The lowest BCUT2D eigenvalue weighted by atomic mass is 10.1. The van der Waals surface area contributed by atoms with Crippen molar-refractivity contribution in [2.75, 3.05) is 13.1 Å². The molecule has 1 aliphatic rings. The van der Waals surface area contributed by atoms with E-state index in [9.17, 15) is 9.90 Å². The van der Waals surface area contributed by atoms with Gasteiger partial charge in [-0.15, -0.1) is 0 Å². The van der Waals surface area contributed by atoms with Gasteiger partial charge in [0.05, 0.1) is 6.10 Å². The first-order valence-electron chi connectivity index (χ1n) is 7.34. The van der Waals surface area contributed by atoms with Gasteiger partial charge in [0.25, 0.3) is 0 Å². The summed E-state index contributed by atoms with van der Waals surface area (Å²) in [7, 11) is 2.00. The van der Waals surface area contributed by atoms with E-state index in [0.29, 0.717) is 6.54 Å². The van der Waals surface area contributed by atoms with E-state index in [-0.39, 0.29) is 12.0 Å². The van der Waals surface area contributed by atoms with Crippen molar-refractivity contribution in [3.8, 4) is 0 Å². The van der Waals surface area contributed by atoms with Gasteiger partial charge in [-0.2, -0.15) is 0 Å². The summed E-state index contributed by atoms with van der Waals surface area (Å²) < 4.78 is 2.06. The summed E-state index contributed by atoms with van der Waals surface area (Å²) in [6, 6.07) is 8.14. The number of aromatic nitrogens is 1. The van der Waals surface area contributed by atoms with E-state index < -0.39 is 0 Å². The number of benzene rings is 1. The highest BCUT2D eigenvalue weighted by Gasteiger charge is 2.20. The minimum Gasteiger partial charge on any atom is -0.391 e. The first kappa shape index (κ1) is 13.9. The first-order chi connectivity index (χ1) is 10.1. The SMILES string of the molecule is Cn1cc(C=CC(=O)N2CCCC(O)C2)c2ccccc21. The number of fused-ring (bicyclic) bond motifs is 1. The van der Waals surface area contributed by atoms with Gasteiger partial charge in [-0.05, 0) is 25.0 Å². The van der Waals surface area contributed by atoms with Crippen LogP contribution >= 0.6 is 0 Å². The summed E-state index contributed by atoms with van der Waals surface area (Å²) in [6.07, 6.45) is 6.78. The molecule has 1 amide bonds. The van der Waals surface area contributed by atoms with Crippen molar-refractivity contribution >= 4 is 22.9 Å². The molecule has 0 saturated carbocycles. The van der Waals surface area contributed by atoms with Crippen molar-refractivity contribution in [3.63, 3.8) is 0 Å². The number of para-hydroxylation sites is 1. The van der Waals surface area contributed by atoms with Gasteiger partial charge < -0.3 is 14.6 Å². The van der Waals surface area contributed by atoms with Gasteiger partial charge in [-0.1, -0.05) is 18.2 Å². The fourth-order valence-corrected chi connectivity index (χ4v) is 2.93. The maximum atomic E-state index is 12.2. The van der Waals surface area contributed by atoms with Crippen LogP contribution in [0.5, 0.6) is 0 Å². The van der Waals surface area contributed by atoms with Crippen LogP contribution in [0.3, 0.4) is 0 Å². The van der Waals surface area contributed by atoms with Gasteiger partial charge in [-0.25, -0.2) is 0 Å². The Kier molecular flexibility index (Phi) is 3.80. The Morgan fingerprint density at radius 2 is 2.19 bits per heavy atom. The molecule has 110 valence electrons. The summed E-state index contributed by atoms with van der Waals surface area (Å²) >= 11 is 0. The zero-order valence-corrected chi connectivity index (χ0v) is 12.2. The number of aliphatic hydroxyl groups is 1. The van der Waals surface area contributed by atoms with Crippen LogP contribution in [0, 0.1) is 0 Å². The van der Waals surface area contributed by atoms with Crippen LogP contribution in [-0.4, -0.2) is 39.7 Å². The monoisotopic (exact) mass is 284 g/mol. The molecule has 0 spiro atoms. The Morgan fingerprint density at radius 3 is 3.00 bits per heavy atom. The third kappa shape index (κ3) is 2.85. The lowest BCUT2D eigenvalue weighted by Crippen LogP contribution is -2.41. The average molecular weight is 284 g/mol. The van der Waals surface area contributed by atoms with Crippen molar-refractivity contribution in [1.29, 1.82) is 0 Å². The van der Waals surface area contributed by atoms with Crippen LogP contribution in [0.2, 0.25) is 0 Å². The van der Waals surface area contributed by atoms with E-state index in [1.807, 2.05) is 31.5 Å². The first-order valence-corrected chi connectivity index (χ1v) is 7.34. The van der Waals surface area contributed by atoms with Gasteiger partial charge >= 0.3 is 0 Å². The summed E-state index contributed by atoms with van der Waals surface area (Å²) in [5.74, 6) is -0.0262. The highest BCUT2D eigenvalue weighted by Crippen LogP contribution is 2.21. The van der Waals surface area contributed by atoms with Crippen LogP contribution in [0.4, 0.5) is 0 Å². The number of amides is 1. The summed E-state index contributed by atoms with van der Waals surface area (Å²) in [5.41, 5.74) is 2.19. The molecular weight excluding hydrogens is 264 g/mol. The number of carbonyl (C=O) groups is 1. The summed E-state index contributed by atoms with van der Waals surface area (Å²) in [5, 5.41) is 10.8. The molecule has 4 heteroatoms. The molecule has 1 saturated heterocycles. The van der Waals surface area contributed by atoms with Gasteiger partial charge in [0, 0.05) is 48.9 Å². The molecule has 1 N–H and O–H groups in total. The third-order valence-corrected chi connectivity index (χ3v) is 4.04. The number of hydrogen-bond donors (Lipinski definition) is 1. The van der Waals surface area contributed by atoms with Crippen LogP contribution < -0.4 is 0 Å². The highest BCUT2D eigenvalue weighted by atomic mass is 16.3. The molecule has 0 radical (unpaired) electrons. The lowest BCUT2D eigenvalue weighted by molar-refractivity contribution is -0.128. The Morgan fingerprint density at radius 1 is 1.38 bits per heavy atom. The molecule has 1 aromatic heterocycles. The summed E-state index contributed by atoms with van der Waals surface area (Å²) in [4.78, 5) is 13.9. The third-order valence-electron chi connectivity index (χ3n) is 4.04. The second-order valence-corrected chi connectivity index (χ2v) is 5.63. The second-order valence-electron chi connectivity index (χ2n) is 5.63. The summed E-state index contributed by atoms with van der Waals surface area (Å²) in [6.45, 7) is 1.18. The molecule has 0 bridgehead atoms. The van der Waals surface area contributed by atoms with E-state index in [1.165, 1.54) is 0 Å². The van der Waals surface area contributed by atoms with Gasteiger partial charge in [-0.3, -0.25) is 4.79 Å².